The van der Waals surface area contributed by atoms with E-state index in [1.807, 2.05) is 0 Å². The lowest BCUT2D eigenvalue weighted by atomic mass is 10.2. The fourth-order valence-corrected chi connectivity index (χ4v) is 1.77. The predicted octanol–water partition coefficient (Wildman–Crippen LogP) is -0.486. The second-order valence-electron chi connectivity index (χ2n) is 2.41. The van der Waals surface area contributed by atoms with Crippen molar-refractivity contribution in [1.82, 2.24) is 0 Å². The Morgan fingerprint density at radius 3 is 2.36 bits per heavy atom. The van der Waals surface area contributed by atoms with E-state index in [4.69, 9.17) is 9.47 Å². The average molecular weight is 274 g/mol. The molecule has 1 fully saturated rings. The van der Waals surface area contributed by atoms with Crippen LogP contribution in [0.4, 0.5) is 0 Å². The summed E-state index contributed by atoms with van der Waals surface area (Å²) in [5.74, 6) is 0. The van der Waals surface area contributed by atoms with Crippen molar-refractivity contribution in [2.75, 3.05) is 11.5 Å². The highest BCUT2D eigenvalue weighted by Crippen LogP contribution is 2.22. The smallest absolute Gasteiger partial charge is 0.186 e. The van der Waals surface area contributed by atoms with Crippen molar-refractivity contribution in [3.05, 3.63) is 0 Å². The second kappa shape index (κ2) is 3.99. The number of ether oxygens (including phenoxy) is 2. The van der Waals surface area contributed by atoms with Crippen LogP contribution in [0.5, 0.6) is 0 Å². The van der Waals surface area contributed by atoms with Gasteiger partial charge >= 0.3 is 0 Å². The molecule has 0 aromatic heterocycles. The molecule has 1 aliphatic heterocycles. The van der Waals surface area contributed by atoms with Crippen LogP contribution in [-0.2, 0) is 9.47 Å². The maximum absolute atomic E-state index is 9.30. The molecule has 4 atom stereocenters. The Kier molecular flexibility index (Phi) is 3.51. The van der Waals surface area contributed by atoms with Crippen molar-refractivity contribution in [1.29, 1.82) is 0 Å². The zero-order valence-electron chi connectivity index (χ0n) is 6.11. The maximum atomic E-state index is 9.30. The van der Waals surface area contributed by atoms with Gasteiger partial charge in [0.25, 0.3) is 0 Å². The largest absolute Gasteiger partial charge is 0.387 e. The molecule has 5 heteroatoms. The summed E-state index contributed by atoms with van der Waals surface area (Å²) in [5.41, 5.74) is 0. The summed E-state index contributed by atoms with van der Waals surface area (Å²) in [6.07, 6.45) is -2.73. The van der Waals surface area contributed by atoms with Gasteiger partial charge in [-0.1, -0.05) is 22.6 Å². The fourth-order valence-electron chi connectivity index (χ4n) is 1.04. The SMILES string of the molecule is CO[C@H]1O[C@H](CI)[C@@H](O)[C@H]1O. The topological polar surface area (TPSA) is 58.9 Å². The molecule has 0 aromatic rings. The normalized spacial score (nSPS) is 44.7. The number of halogens is 1. The number of aliphatic hydroxyl groups is 2. The molecule has 1 rings (SSSR count). The molecule has 0 unspecified atom stereocenters. The summed E-state index contributed by atoms with van der Waals surface area (Å²) in [4.78, 5) is 0. The molecule has 0 saturated carbocycles. The number of aliphatic hydroxyl groups excluding tert-OH is 2. The van der Waals surface area contributed by atoms with Gasteiger partial charge in [0, 0.05) is 11.5 Å². The zero-order chi connectivity index (χ0) is 8.43. The van der Waals surface area contributed by atoms with E-state index in [-0.39, 0.29) is 6.10 Å². The van der Waals surface area contributed by atoms with Gasteiger partial charge in [0.1, 0.15) is 12.2 Å². The molecule has 11 heavy (non-hydrogen) atoms. The fraction of sp³-hybridized carbons (Fsp3) is 1.00. The average Bonchev–Trinajstić information content (AvgIpc) is 2.30. The molecular formula is C6H11IO4. The Morgan fingerprint density at radius 2 is 2.09 bits per heavy atom. The van der Waals surface area contributed by atoms with Gasteiger partial charge < -0.3 is 19.7 Å². The van der Waals surface area contributed by atoms with Crippen LogP contribution >= 0.6 is 22.6 Å². The lowest BCUT2D eigenvalue weighted by molar-refractivity contribution is -0.145. The van der Waals surface area contributed by atoms with E-state index >= 15 is 0 Å². The van der Waals surface area contributed by atoms with Crippen molar-refractivity contribution in [3.63, 3.8) is 0 Å². The Labute approximate surface area is 78.6 Å². The van der Waals surface area contributed by atoms with Gasteiger partial charge in [0.05, 0.1) is 6.10 Å². The highest BCUT2D eigenvalue weighted by molar-refractivity contribution is 14.1. The third-order valence-corrected chi connectivity index (χ3v) is 2.57. The third kappa shape index (κ3) is 1.83. The van der Waals surface area contributed by atoms with Crippen molar-refractivity contribution in [2.45, 2.75) is 24.6 Å². The number of hydrogen-bond acceptors (Lipinski definition) is 4. The molecule has 0 radical (unpaired) electrons. The molecule has 1 saturated heterocycles. The highest BCUT2D eigenvalue weighted by atomic mass is 127. The quantitative estimate of drug-likeness (QED) is 0.527. The van der Waals surface area contributed by atoms with Crippen molar-refractivity contribution in [3.8, 4) is 0 Å². The second-order valence-corrected chi connectivity index (χ2v) is 3.29. The van der Waals surface area contributed by atoms with Gasteiger partial charge in [-0.05, 0) is 0 Å². The summed E-state index contributed by atoms with van der Waals surface area (Å²) in [7, 11) is 1.44. The van der Waals surface area contributed by atoms with E-state index in [0.29, 0.717) is 4.43 Å². The van der Waals surface area contributed by atoms with Crippen molar-refractivity contribution < 1.29 is 19.7 Å². The summed E-state index contributed by atoms with van der Waals surface area (Å²) < 4.78 is 10.6. The Balaban J connectivity index is 2.53. The van der Waals surface area contributed by atoms with Gasteiger partial charge in [-0.25, -0.2) is 0 Å². The van der Waals surface area contributed by atoms with Gasteiger partial charge in [0.2, 0.25) is 0 Å². The van der Waals surface area contributed by atoms with E-state index in [2.05, 4.69) is 22.6 Å². The first-order valence-electron chi connectivity index (χ1n) is 3.31. The summed E-state index contributed by atoms with van der Waals surface area (Å²) >= 11 is 2.09. The van der Waals surface area contributed by atoms with Crippen LogP contribution in [0.2, 0.25) is 0 Å². The molecule has 0 bridgehead atoms. The maximum Gasteiger partial charge on any atom is 0.186 e. The van der Waals surface area contributed by atoms with Gasteiger partial charge in [0.15, 0.2) is 6.29 Å². The lowest BCUT2D eigenvalue weighted by Gasteiger charge is -2.11. The van der Waals surface area contributed by atoms with Crippen LogP contribution in [0.25, 0.3) is 0 Å². The molecule has 1 aliphatic rings. The molecule has 2 N–H and O–H groups in total. The minimum Gasteiger partial charge on any atom is -0.387 e. The van der Waals surface area contributed by atoms with E-state index < -0.39 is 18.5 Å². The first-order valence-corrected chi connectivity index (χ1v) is 4.83. The molecule has 0 aromatic carbocycles. The predicted molar refractivity (Wildman–Crippen MR) is 46.6 cm³/mol. The van der Waals surface area contributed by atoms with E-state index in [0.717, 1.165) is 0 Å². The minimum atomic E-state index is -0.917. The van der Waals surface area contributed by atoms with E-state index in [9.17, 15) is 10.2 Å². The van der Waals surface area contributed by atoms with Gasteiger partial charge in [-0.2, -0.15) is 0 Å². The summed E-state index contributed by atoms with van der Waals surface area (Å²) in [6, 6.07) is 0. The molecular weight excluding hydrogens is 263 g/mol. The van der Waals surface area contributed by atoms with Crippen LogP contribution in [-0.4, -0.2) is 46.4 Å². The first-order chi connectivity index (χ1) is 5.20. The Morgan fingerprint density at radius 1 is 1.45 bits per heavy atom. The lowest BCUT2D eigenvalue weighted by Crippen LogP contribution is -2.33. The minimum absolute atomic E-state index is 0.310. The highest BCUT2D eigenvalue weighted by Gasteiger charge is 2.42. The van der Waals surface area contributed by atoms with Gasteiger partial charge in [-0.15, -0.1) is 0 Å². The zero-order valence-corrected chi connectivity index (χ0v) is 8.26. The van der Waals surface area contributed by atoms with Crippen molar-refractivity contribution >= 4 is 22.6 Å². The summed E-state index contributed by atoms with van der Waals surface area (Å²) in [6.45, 7) is 0. The van der Waals surface area contributed by atoms with E-state index in [1.54, 1.807) is 0 Å². The van der Waals surface area contributed by atoms with Crippen LogP contribution in [0, 0.1) is 0 Å². The standard InChI is InChI=1S/C6H11IO4/c1-10-6-5(9)4(8)3(2-7)11-6/h3-6,8-9H,2H2,1H3/t3-,4-,5-,6+/m1/s1. The van der Waals surface area contributed by atoms with Crippen LogP contribution in [0.15, 0.2) is 0 Å². The molecule has 1 heterocycles. The number of rotatable bonds is 2. The monoisotopic (exact) mass is 274 g/mol. The number of methoxy groups -OCH3 is 1. The number of alkyl halides is 1. The molecule has 0 amide bonds. The van der Waals surface area contributed by atoms with Crippen LogP contribution in [0.3, 0.4) is 0 Å². The van der Waals surface area contributed by atoms with Crippen LogP contribution in [0.1, 0.15) is 0 Å². The van der Waals surface area contributed by atoms with Gasteiger partial charge in [-0.3, -0.25) is 0 Å². The third-order valence-electron chi connectivity index (χ3n) is 1.70. The first kappa shape index (κ1) is 9.66. The Bertz CT molecular complexity index is 114. The van der Waals surface area contributed by atoms with Crippen LogP contribution < -0.4 is 0 Å². The molecule has 0 aliphatic carbocycles. The van der Waals surface area contributed by atoms with Crippen molar-refractivity contribution in [2.24, 2.45) is 0 Å². The van der Waals surface area contributed by atoms with E-state index in [1.165, 1.54) is 7.11 Å². The number of hydrogen-bond donors (Lipinski definition) is 2. The molecule has 4 nitrogen and oxygen atoms in total. The Hall–Kier alpha value is 0.570. The molecule has 66 valence electrons. The molecule has 0 spiro atoms. The summed E-state index contributed by atoms with van der Waals surface area (Å²) in [5, 5.41) is 18.6.